The van der Waals surface area contributed by atoms with Crippen LogP contribution in [0.25, 0.3) is 0 Å². The van der Waals surface area contributed by atoms with Crippen LogP contribution in [0.5, 0.6) is 11.5 Å². The van der Waals surface area contributed by atoms with Gasteiger partial charge < -0.3 is 19.3 Å². The van der Waals surface area contributed by atoms with Gasteiger partial charge in [0.25, 0.3) is 0 Å². The quantitative estimate of drug-likeness (QED) is 0.760. The number of carboxylic acid groups (broad SMARTS) is 1. The third-order valence-corrected chi connectivity index (χ3v) is 2.24. The minimum Gasteiger partial charge on any atom is -0.493 e. The Balaban J connectivity index is 2.16. The maximum Gasteiger partial charge on any atom is 0.335 e. The normalized spacial score (nSPS) is 17.9. The van der Waals surface area contributed by atoms with E-state index in [9.17, 15) is 4.79 Å². The largest absolute Gasteiger partial charge is 0.493 e. The molecular weight excluding hydrogens is 212 g/mol. The highest BCUT2D eigenvalue weighted by atomic mass is 16.6. The third-order valence-electron chi connectivity index (χ3n) is 2.24. The van der Waals surface area contributed by atoms with Crippen molar-refractivity contribution in [1.29, 1.82) is 0 Å². The van der Waals surface area contributed by atoms with Gasteiger partial charge in [-0.05, 0) is 18.2 Å². The van der Waals surface area contributed by atoms with E-state index in [1.54, 1.807) is 6.07 Å². The molecule has 1 heterocycles. The first-order valence-electron chi connectivity index (χ1n) is 4.86. The summed E-state index contributed by atoms with van der Waals surface area (Å²) in [6.45, 7) is 1.11. The van der Waals surface area contributed by atoms with Crippen LogP contribution in [0.4, 0.5) is 0 Å². The Hall–Kier alpha value is -1.75. The van der Waals surface area contributed by atoms with Gasteiger partial charge in [-0.1, -0.05) is 0 Å². The molecule has 0 amide bonds. The minimum absolute atomic E-state index is 0.123. The first-order valence-corrected chi connectivity index (χ1v) is 4.86. The zero-order valence-corrected chi connectivity index (χ0v) is 8.80. The fourth-order valence-electron chi connectivity index (χ4n) is 1.27. The summed E-state index contributed by atoms with van der Waals surface area (Å²) in [5.74, 6) is -0.0428. The molecule has 1 unspecified atom stereocenters. The van der Waals surface area contributed by atoms with Crippen molar-refractivity contribution >= 4 is 5.97 Å². The fraction of sp³-hybridized carbons (Fsp3) is 0.364. The third kappa shape index (κ3) is 2.43. The number of benzene rings is 1. The molecule has 0 aromatic heterocycles. The molecule has 5 heteroatoms. The van der Waals surface area contributed by atoms with Gasteiger partial charge in [0, 0.05) is 0 Å². The van der Waals surface area contributed by atoms with E-state index >= 15 is 0 Å². The van der Waals surface area contributed by atoms with Crippen LogP contribution in [0.15, 0.2) is 18.2 Å². The Morgan fingerprint density at radius 2 is 2.31 bits per heavy atom. The molecule has 1 aliphatic rings. The maximum absolute atomic E-state index is 10.8. The Morgan fingerprint density at radius 3 is 2.88 bits per heavy atom. The number of aromatic carboxylic acids is 1. The minimum atomic E-state index is -0.991. The van der Waals surface area contributed by atoms with Gasteiger partial charge in [-0.3, -0.25) is 0 Å². The number of rotatable bonds is 5. The molecule has 2 rings (SSSR count). The number of ether oxygens (including phenoxy) is 3. The fourth-order valence-corrected chi connectivity index (χ4v) is 1.27. The van der Waals surface area contributed by atoms with Gasteiger partial charge in [0.2, 0.25) is 0 Å². The first-order chi connectivity index (χ1) is 7.70. The average Bonchev–Trinajstić information content (AvgIpc) is 3.09. The zero-order valence-electron chi connectivity index (χ0n) is 8.80. The van der Waals surface area contributed by atoms with E-state index in [4.69, 9.17) is 19.3 Å². The molecule has 1 fully saturated rings. The second-order valence-electron chi connectivity index (χ2n) is 3.44. The summed E-state index contributed by atoms with van der Waals surface area (Å²) in [5.41, 5.74) is 0.174. The summed E-state index contributed by atoms with van der Waals surface area (Å²) in [6.07, 6.45) is 0.123. The van der Waals surface area contributed by atoms with E-state index in [2.05, 4.69) is 0 Å². The average molecular weight is 224 g/mol. The summed E-state index contributed by atoms with van der Waals surface area (Å²) in [5, 5.41) is 8.84. The van der Waals surface area contributed by atoms with Crippen LogP contribution in [0, 0.1) is 0 Å². The second-order valence-corrected chi connectivity index (χ2v) is 3.44. The maximum atomic E-state index is 10.8. The SMILES string of the molecule is COc1ccc(C(=O)O)cc1OCC1CO1. The number of carboxylic acids is 1. The highest BCUT2D eigenvalue weighted by Gasteiger charge is 2.24. The lowest BCUT2D eigenvalue weighted by molar-refractivity contribution is 0.0696. The van der Waals surface area contributed by atoms with Crippen LogP contribution in [0.2, 0.25) is 0 Å². The van der Waals surface area contributed by atoms with Gasteiger partial charge in [-0.15, -0.1) is 0 Å². The van der Waals surface area contributed by atoms with Crippen molar-refractivity contribution in [2.45, 2.75) is 6.10 Å². The number of hydrogen-bond donors (Lipinski definition) is 1. The van der Waals surface area contributed by atoms with Gasteiger partial charge in [-0.2, -0.15) is 0 Å². The highest BCUT2D eigenvalue weighted by molar-refractivity contribution is 5.88. The molecule has 1 N–H and O–H groups in total. The molecule has 1 atom stereocenters. The summed E-state index contributed by atoms with van der Waals surface area (Å²) in [7, 11) is 1.51. The summed E-state index contributed by atoms with van der Waals surface area (Å²) in [4.78, 5) is 10.8. The molecule has 1 aromatic rings. The van der Waals surface area contributed by atoms with E-state index in [-0.39, 0.29) is 11.7 Å². The smallest absolute Gasteiger partial charge is 0.335 e. The van der Waals surface area contributed by atoms with Crippen LogP contribution in [0.3, 0.4) is 0 Å². The van der Waals surface area contributed by atoms with Crippen molar-refractivity contribution in [1.82, 2.24) is 0 Å². The Labute approximate surface area is 92.5 Å². The summed E-state index contributed by atoms with van der Waals surface area (Å²) < 4.78 is 15.5. The standard InChI is InChI=1S/C11H12O5/c1-14-9-3-2-7(11(12)13)4-10(9)16-6-8-5-15-8/h2-4,8H,5-6H2,1H3,(H,12,13). The molecule has 1 aliphatic heterocycles. The van der Waals surface area contributed by atoms with Gasteiger partial charge in [-0.25, -0.2) is 4.79 Å². The van der Waals surface area contributed by atoms with Gasteiger partial charge in [0.1, 0.15) is 12.7 Å². The van der Waals surface area contributed by atoms with E-state index in [1.165, 1.54) is 19.2 Å². The van der Waals surface area contributed by atoms with E-state index in [0.717, 1.165) is 0 Å². The van der Waals surface area contributed by atoms with Crippen LogP contribution in [-0.4, -0.2) is 37.5 Å². The second kappa shape index (κ2) is 4.40. The molecule has 0 radical (unpaired) electrons. The van der Waals surface area contributed by atoms with Crippen molar-refractivity contribution in [3.8, 4) is 11.5 Å². The van der Waals surface area contributed by atoms with Crippen molar-refractivity contribution in [3.05, 3.63) is 23.8 Å². The van der Waals surface area contributed by atoms with Crippen molar-refractivity contribution in [2.75, 3.05) is 20.3 Å². The van der Waals surface area contributed by atoms with Crippen LogP contribution in [0.1, 0.15) is 10.4 Å². The number of epoxide rings is 1. The topological polar surface area (TPSA) is 68.3 Å². The molecule has 5 nitrogen and oxygen atoms in total. The van der Waals surface area contributed by atoms with Crippen molar-refractivity contribution in [3.63, 3.8) is 0 Å². The number of carbonyl (C=O) groups is 1. The predicted octanol–water partition coefficient (Wildman–Crippen LogP) is 1.17. The lowest BCUT2D eigenvalue weighted by Gasteiger charge is -2.10. The molecular formula is C11H12O5. The summed E-state index contributed by atoms with van der Waals surface area (Å²) in [6, 6.07) is 4.50. The number of methoxy groups -OCH3 is 1. The van der Waals surface area contributed by atoms with Gasteiger partial charge >= 0.3 is 5.97 Å². The van der Waals surface area contributed by atoms with Gasteiger partial charge in [0.05, 0.1) is 19.3 Å². The molecule has 86 valence electrons. The Bertz CT molecular complexity index is 397. The van der Waals surface area contributed by atoms with Crippen LogP contribution >= 0.6 is 0 Å². The molecule has 0 bridgehead atoms. The molecule has 0 saturated carbocycles. The molecule has 0 spiro atoms. The van der Waals surface area contributed by atoms with E-state index < -0.39 is 5.97 Å². The number of hydrogen-bond acceptors (Lipinski definition) is 4. The first kappa shape index (κ1) is 10.8. The van der Waals surface area contributed by atoms with Crippen molar-refractivity contribution in [2.24, 2.45) is 0 Å². The summed E-state index contributed by atoms with van der Waals surface area (Å²) >= 11 is 0. The Kier molecular flexibility index (Phi) is 2.96. The van der Waals surface area contributed by atoms with E-state index in [1.807, 2.05) is 0 Å². The predicted molar refractivity (Wildman–Crippen MR) is 55.2 cm³/mol. The van der Waals surface area contributed by atoms with Crippen LogP contribution < -0.4 is 9.47 Å². The van der Waals surface area contributed by atoms with Crippen molar-refractivity contribution < 1.29 is 24.1 Å². The Morgan fingerprint density at radius 1 is 1.56 bits per heavy atom. The lowest BCUT2D eigenvalue weighted by atomic mass is 10.2. The monoisotopic (exact) mass is 224 g/mol. The van der Waals surface area contributed by atoms with Gasteiger partial charge in [0.15, 0.2) is 11.5 Å². The van der Waals surface area contributed by atoms with Crippen LogP contribution in [-0.2, 0) is 4.74 Å². The zero-order chi connectivity index (χ0) is 11.5. The van der Waals surface area contributed by atoms with E-state index in [0.29, 0.717) is 24.7 Å². The molecule has 1 saturated heterocycles. The molecule has 1 aromatic carbocycles. The lowest BCUT2D eigenvalue weighted by Crippen LogP contribution is -2.06. The molecule has 16 heavy (non-hydrogen) atoms. The highest BCUT2D eigenvalue weighted by Crippen LogP contribution is 2.28. The molecule has 0 aliphatic carbocycles.